The summed E-state index contributed by atoms with van der Waals surface area (Å²) in [5.74, 6) is -0.228. The van der Waals surface area contributed by atoms with Gasteiger partial charge in [-0.1, -0.05) is 0 Å². The summed E-state index contributed by atoms with van der Waals surface area (Å²) in [4.78, 5) is 10.6. The van der Waals surface area contributed by atoms with Crippen LogP contribution in [0.2, 0.25) is 0 Å². The molecule has 0 aromatic rings. The van der Waals surface area contributed by atoms with Gasteiger partial charge in [0.25, 0.3) is 0 Å². The molecule has 0 rings (SSSR count). The Balaban J connectivity index is 3.35. The van der Waals surface area contributed by atoms with Gasteiger partial charge >= 0.3 is 5.97 Å². The Morgan fingerprint density at radius 3 is 2.27 bits per heavy atom. The number of hydrogen-bond donors (Lipinski definition) is 0. The summed E-state index contributed by atoms with van der Waals surface area (Å²) in [6.07, 6.45) is 0.327. The average Bonchev–Trinajstić information content (AvgIpc) is 1.85. The lowest BCUT2D eigenvalue weighted by Crippen LogP contribution is -2.21. The van der Waals surface area contributed by atoms with E-state index in [0.29, 0.717) is 13.0 Å². The average molecular weight is 160 g/mol. The third kappa shape index (κ3) is 7.33. The van der Waals surface area contributed by atoms with E-state index in [0.717, 1.165) is 0 Å². The largest absolute Gasteiger partial charge is 0.469 e. The van der Waals surface area contributed by atoms with Gasteiger partial charge in [-0.2, -0.15) is 0 Å². The van der Waals surface area contributed by atoms with Crippen molar-refractivity contribution >= 4 is 5.97 Å². The van der Waals surface area contributed by atoms with Gasteiger partial charge in [0.15, 0.2) is 0 Å². The number of esters is 1. The quantitative estimate of drug-likeness (QED) is 0.585. The fourth-order valence-corrected chi connectivity index (χ4v) is 0.543. The maximum atomic E-state index is 10.6. The SMILES string of the molecule is COC(=O)CCOC(C)(C)C. The molecule has 0 heterocycles. The van der Waals surface area contributed by atoms with E-state index >= 15 is 0 Å². The van der Waals surface area contributed by atoms with Gasteiger partial charge in [0, 0.05) is 0 Å². The molecule has 0 bridgehead atoms. The van der Waals surface area contributed by atoms with Crippen molar-refractivity contribution in [2.75, 3.05) is 13.7 Å². The minimum atomic E-state index is -0.228. The molecule has 0 fully saturated rings. The van der Waals surface area contributed by atoms with Crippen LogP contribution in [0.25, 0.3) is 0 Å². The van der Waals surface area contributed by atoms with Crippen LogP contribution in [0.4, 0.5) is 0 Å². The second kappa shape index (κ2) is 4.34. The summed E-state index contributed by atoms with van der Waals surface area (Å²) < 4.78 is 9.75. The topological polar surface area (TPSA) is 35.5 Å². The smallest absolute Gasteiger partial charge is 0.307 e. The van der Waals surface area contributed by atoms with Gasteiger partial charge in [0.2, 0.25) is 0 Å². The molecule has 0 atom stereocenters. The Bertz CT molecular complexity index is 124. The Morgan fingerprint density at radius 2 is 1.91 bits per heavy atom. The molecule has 0 unspecified atom stereocenters. The van der Waals surface area contributed by atoms with E-state index < -0.39 is 0 Å². The zero-order valence-corrected chi connectivity index (χ0v) is 7.64. The molecular formula is C8H16O3. The highest BCUT2D eigenvalue weighted by Crippen LogP contribution is 2.06. The van der Waals surface area contributed by atoms with E-state index in [4.69, 9.17) is 4.74 Å². The van der Waals surface area contributed by atoms with Gasteiger partial charge in [0.1, 0.15) is 0 Å². The van der Waals surface area contributed by atoms with E-state index in [1.54, 1.807) is 0 Å². The Hall–Kier alpha value is -0.570. The molecule has 0 aromatic heterocycles. The number of ether oxygens (including phenoxy) is 2. The summed E-state index contributed by atoms with van der Waals surface area (Å²) in [5.41, 5.74) is -0.173. The van der Waals surface area contributed by atoms with Crippen molar-refractivity contribution in [1.82, 2.24) is 0 Å². The van der Waals surface area contributed by atoms with E-state index in [9.17, 15) is 4.79 Å². The van der Waals surface area contributed by atoms with E-state index in [-0.39, 0.29) is 11.6 Å². The maximum absolute atomic E-state index is 10.6. The number of carbonyl (C=O) groups excluding carboxylic acids is 1. The van der Waals surface area contributed by atoms with E-state index in [1.165, 1.54) is 7.11 Å². The van der Waals surface area contributed by atoms with Gasteiger partial charge in [0.05, 0.1) is 25.7 Å². The molecule has 0 aromatic carbocycles. The normalized spacial score (nSPS) is 11.3. The molecule has 0 saturated heterocycles. The molecule has 11 heavy (non-hydrogen) atoms. The number of hydrogen-bond acceptors (Lipinski definition) is 3. The van der Waals surface area contributed by atoms with Crippen LogP contribution < -0.4 is 0 Å². The molecule has 0 N–H and O–H groups in total. The first kappa shape index (κ1) is 10.4. The van der Waals surface area contributed by atoms with Crippen LogP contribution in [0.3, 0.4) is 0 Å². The lowest BCUT2D eigenvalue weighted by atomic mass is 10.2. The third-order valence-electron chi connectivity index (χ3n) is 1.07. The molecule has 3 nitrogen and oxygen atoms in total. The monoisotopic (exact) mass is 160 g/mol. The minimum absolute atomic E-state index is 0.173. The van der Waals surface area contributed by atoms with Crippen molar-refractivity contribution in [3.05, 3.63) is 0 Å². The zero-order valence-electron chi connectivity index (χ0n) is 7.64. The van der Waals surface area contributed by atoms with E-state index in [2.05, 4.69) is 4.74 Å². The van der Waals surface area contributed by atoms with Crippen molar-refractivity contribution < 1.29 is 14.3 Å². The Morgan fingerprint density at radius 1 is 1.36 bits per heavy atom. The fraction of sp³-hybridized carbons (Fsp3) is 0.875. The molecular weight excluding hydrogens is 144 g/mol. The summed E-state index contributed by atoms with van der Waals surface area (Å²) >= 11 is 0. The number of rotatable bonds is 3. The van der Waals surface area contributed by atoms with Crippen molar-refractivity contribution in [3.8, 4) is 0 Å². The maximum Gasteiger partial charge on any atom is 0.307 e. The highest BCUT2D eigenvalue weighted by molar-refractivity contribution is 5.69. The Kier molecular flexibility index (Phi) is 4.11. The molecule has 0 amide bonds. The van der Waals surface area contributed by atoms with Gasteiger partial charge in [-0.25, -0.2) is 0 Å². The molecule has 0 aliphatic heterocycles. The number of methoxy groups -OCH3 is 1. The van der Waals surface area contributed by atoms with Gasteiger partial charge in [-0.15, -0.1) is 0 Å². The second-order valence-electron chi connectivity index (χ2n) is 3.29. The number of carbonyl (C=O) groups is 1. The molecule has 0 aliphatic carbocycles. The highest BCUT2D eigenvalue weighted by Gasteiger charge is 2.10. The molecule has 0 spiro atoms. The van der Waals surface area contributed by atoms with E-state index in [1.807, 2.05) is 20.8 Å². The minimum Gasteiger partial charge on any atom is -0.469 e. The summed E-state index contributed by atoms with van der Waals surface area (Å²) in [7, 11) is 1.37. The van der Waals surface area contributed by atoms with Crippen molar-refractivity contribution in [2.24, 2.45) is 0 Å². The van der Waals surface area contributed by atoms with Crippen LogP contribution in [0, 0.1) is 0 Å². The van der Waals surface area contributed by atoms with Crippen molar-refractivity contribution in [1.29, 1.82) is 0 Å². The summed E-state index contributed by atoms with van der Waals surface area (Å²) in [6.45, 7) is 6.27. The highest BCUT2D eigenvalue weighted by atomic mass is 16.5. The molecule has 0 aliphatic rings. The lowest BCUT2D eigenvalue weighted by Gasteiger charge is -2.18. The first-order valence-corrected chi connectivity index (χ1v) is 3.66. The second-order valence-corrected chi connectivity index (χ2v) is 3.29. The van der Waals surface area contributed by atoms with Crippen molar-refractivity contribution in [2.45, 2.75) is 32.8 Å². The first-order valence-electron chi connectivity index (χ1n) is 3.66. The molecule has 66 valence electrons. The third-order valence-corrected chi connectivity index (χ3v) is 1.07. The van der Waals surface area contributed by atoms with Crippen LogP contribution >= 0.6 is 0 Å². The first-order chi connectivity index (χ1) is 4.95. The predicted molar refractivity (Wildman–Crippen MR) is 42.3 cm³/mol. The van der Waals surface area contributed by atoms with Gasteiger partial charge in [-0.05, 0) is 20.8 Å². The van der Waals surface area contributed by atoms with Gasteiger partial charge in [-0.3, -0.25) is 4.79 Å². The summed E-state index contributed by atoms with van der Waals surface area (Å²) in [6, 6.07) is 0. The van der Waals surface area contributed by atoms with Gasteiger partial charge < -0.3 is 9.47 Å². The van der Waals surface area contributed by atoms with Crippen LogP contribution in [0.15, 0.2) is 0 Å². The zero-order chi connectivity index (χ0) is 8.91. The van der Waals surface area contributed by atoms with Crippen LogP contribution in [-0.4, -0.2) is 25.3 Å². The molecule has 0 saturated carbocycles. The van der Waals surface area contributed by atoms with Crippen LogP contribution in [0.1, 0.15) is 27.2 Å². The van der Waals surface area contributed by atoms with Crippen LogP contribution in [-0.2, 0) is 14.3 Å². The van der Waals surface area contributed by atoms with Crippen LogP contribution in [0.5, 0.6) is 0 Å². The predicted octanol–water partition coefficient (Wildman–Crippen LogP) is 1.36. The fourth-order valence-electron chi connectivity index (χ4n) is 0.543. The Labute approximate surface area is 67.7 Å². The standard InChI is InChI=1S/C8H16O3/c1-8(2,3)11-6-5-7(9)10-4/h5-6H2,1-4H3. The summed E-state index contributed by atoms with van der Waals surface area (Å²) in [5, 5.41) is 0. The molecule has 0 radical (unpaired) electrons. The lowest BCUT2D eigenvalue weighted by molar-refractivity contribution is -0.142. The molecule has 3 heteroatoms. The van der Waals surface area contributed by atoms with Crippen molar-refractivity contribution in [3.63, 3.8) is 0 Å².